The quantitative estimate of drug-likeness (QED) is 0.864. The van der Waals surface area contributed by atoms with Crippen LogP contribution in [0.2, 0.25) is 0 Å². The fourth-order valence-electron chi connectivity index (χ4n) is 3.48. The largest absolute Gasteiger partial charge is 0.495 e. The van der Waals surface area contributed by atoms with Gasteiger partial charge < -0.3 is 14.2 Å². The van der Waals surface area contributed by atoms with Gasteiger partial charge in [-0.2, -0.15) is 0 Å². The zero-order chi connectivity index (χ0) is 18.1. The number of methoxy groups -OCH3 is 1. The van der Waals surface area contributed by atoms with Gasteiger partial charge in [0.2, 0.25) is 10.0 Å². The SMILES string of the molecule is COc1cc(C)c(C)cc1S(=O)(=O)NCC1COC2(CCCCC2)O1. The Morgan fingerprint density at radius 2 is 1.88 bits per heavy atom. The third-order valence-electron chi connectivity index (χ3n) is 5.10. The van der Waals surface area contributed by atoms with Crippen molar-refractivity contribution in [2.75, 3.05) is 20.3 Å². The molecular weight excluding hydrogens is 342 g/mol. The molecule has 1 aliphatic heterocycles. The highest BCUT2D eigenvalue weighted by Gasteiger charge is 2.42. The molecule has 2 fully saturated rings. The van der Waals surface area contributed by atoms with Gasteiger partial charge in [0.1, 0.15) is 10.6 Å². The van der Waals surface area contributed by atoms with Crippen LogP contribution in [0, 0.1) is 13.8 Å². The van der Waals surface area contributed by atoms with E-state index in [2.05, 4.69) is 4.72 Å². The molecule has 2 aliphatic rings. The van der Waals surface area contributed by atoms with E-state index >= 15 is 0 Å². The third-order valence-corrected chi connectivity index (χ3v) is 6.54. The number of nitrogens with one attached hydrogen (secondary N) is 1. The van der Waals surface area contributed by atoms with Crippen molar-refractivity contribution in [2.45, 2.75) is 62.7 Å². The number of benzene rings is 1. The Hall–Kier alpha value is -1.15. The number of ether oxygens (including phenoxy) is 3. The number of hydrogen-bond acceptors (Lipinski definition) is 5. The van der Waals surface area contributed by atoms with Crippen molar-refractivity contribution in [3.8, 4) is 5.75 Å². The van der Waals surface area contributed by atoms with E-state index in [4.69, 9.17) is 14.2 Å². The van der Waals surface area contributed by atoms with Crippen LogP contribution in [0.15, 0.2) is 17.0 Å². The summed E-state index contributed by atoms with van der Waals surface area (Å²) >= 11 is 0. The molecule has 7 heteroatoms. The Bertz CT molecular complexity index is 725. The van der Waals surface area contributed by atoms with E-state index in [-0.39, 0.29) is 17.5 Å². The topological polar surface area (TPSA) is 73.9 Å². The van der Waals surface area contributed by atoms with E-state index in [1.165, 1.54) is 13.5 Å². The summed E-state index contributed by atoms with van der Waals surface area (Å²) in [5.41, 5.74) is 1.89. The average molecular weight is 369 g/mol. The molecule has 6 nitrogen and oxygen atoms in total. The van der Waals surface area contributed by atoms with Crippen LogP contribution in [0.4, 0.5) is 0 Å². The van der Waals surface area contributed by atoms with Gasteiger partial charge in [0.25, 0.3) is 0 Å². The van der Waals surface area contributed by atoms with Gasteiger partial charge in [-0.25, -0.2) is 13.1 Å². The summed E-state index contributed by atoms with van der Waals surface area (Å²) < 4.78 is 45.2. The standard InChI is InChI=1S/C18H27NO5S/c1-13-9-16(22-3)17(10-14(13)2)25(20,21)19-11-15-12-23-18(24-15)7-5-4-6-8-18/h9-10,15,19H,4-8,11-12H2,1-3H3. The molecule has 1 heterocycles. The first-order valence-corrected chi connectivity index (χ1v) is 10.3. The Balaban J connectivity index is 1.68. The molecule has 1 N–H and O–H groups in total. The molecule has 1 atom stereocenters. The Morgan fingerprint density at radius 3 is 2.56 bits per heavy atom. The van der Waals surface area contributed by atoms with Crippen molar-refractivity contribution in [1.29, 1.82) is 0 Å². The van der Waals surface area contributed by atoms with Gasteiger partial charge in [-0.15, -0.1) is 0 Å². The fourth-order valence-corrected chi connectivity index (χ4v) is 4.78. The lowest BCUT2D eigenvalue weighted by molar-refractivity contribution is -0.186. The molecule has 1 saturated carbocycles. The summed E-state index contributed by atoms with van der Waals surface area (Å²) in [6.45, 7) is 4.43. The lowest BCUT2D eigenvalue weighted by atomic mass is 9.94. The van der Waals surface area contributed by atoms with Gasteiger partial charge >= 0.3 is 0 Å². The Morgan fingerprint density at radius 1 is 1.20 bits per heavy atom. The molecule has 25 heavy (non-hydrogen) atoms. The normalized spacial score (nSPS) is 23.1. The van der Waals surface area contributed by atoms with Crippen LogP contribution in [-0.2, 0) is 19.5 Å². The molecule has 140 valence electrons. The molecule has 0 bridgehead atoms. The second-order valence-corrected chi connectivity index (χ2v) is 8.70. The Kier molecular flexibility index (Phi) is 5.39. The van der Waals surface area contributed by atoms with E-state index in [9.17, 15) is 8.42 Å². The monoisotopic (exact) mass is 369 g/mol. The predicted octanol–water partition coefficient (Wildman–Crippen LogP) is 2.67. The highest BCUT2D eigenvalue weighted by molar-refractivity contribution is 7.89. The van der Waals surface area contributed by atoms with Crippen molar-refractivity contribution >= 4 is 10.0 Å². The Labute approximate surface area is 149 Å². The summed E-state index contributed by atoms with van der Waals surface area (Å²) in [4.78, 5) is 0.157. The first kappa shape index (κ1) is 18.6. The fraction of sp³-hybridized carbons (Fsp3) is 0.667. The van der Waals surface area contributed by atoms with Gasteiger partial charge in [-0.3, -0.25) is 0 Å². The van der Waals surface area contributed by atoms with Crippen molar-refractivity contribution in [2.24, 2.45) is 0 Å². The molecule has 1 unspecified atom stereocenters. The second kappa shape index (κ2) is 7.23. The molecule has 1 saturated heterocycles. The van der Waals surface area contributed by atoms with Gasteiger partial charge in [0.15, 0.2) is 5.79 Å². The number of sulfonamides is 1. The van der Waals surface area contributed by atoms with E-state index in [0.717, 1.165) is 36.8 Å². The van der Waals surface area contributed by atoms with Crippen LogP contribution < -0.4 is 9.46 Å². The van der Waals surface area contributed by atoms with Gasteiger partial charge in [-0.1, -0.05) is 6.42 Å². The molecule has 1 aliphatic carbocycles. The molecule has 1 aromatic rings. The zero-order valence-electron chi connectivity index (χ0n) is 15.1. The summed E-state index contributed by atoms with van der Waals surface area (Å²) in [6, 6.07) is 3.39. The minimum Gasteiger partial charge on any atom is -0.495 e. The predicted molar refractivity (Wildman–Crippen MR) is 94.3 cm³/mol. The first-order chi connectivity index (χ1) is 11.9. The first-order valence-electron chi connectivity index (χ1n) is 8.82. The number of aryl methyl sites for hydroxylation is 2. The van der Waals surface area contributed by atoms with E-state index in [1.807, 2.05) is 13.8 Å². The van der Waals surface area contributed by atoms with Crippen LogP contribution in [0.25, 0.3) is 0 Å². The molecule has 0 amide bonds. The third kappa shape index (κ3) is 4.00. The van der Waals surface area contributed by atoms with Crippen molar-refractivity contribution in [1.82, 2.24) is 4.72 Å². The average Bonchev–Trinajstić information content (AvgIpc) is 2.98. The molecular formula is C18H27NO5S. The molecule has 0 radical (unpaired) electrons. The maximum absolute atomic E-state index is 12.7. The lowest BCUT2D eigenvalue weighted by Crippen LogP contribution is -2.37. The molecule has 1 spiro atoms. The van der Waals surface area contributed by atoms with Crippen molar-refractivity contribution in [3.63, 3.8) is 0 Å². The van der Waals surface area contributed by atoms with E-state index < -0.39 is 15.8 Å². The van der Waals surface area contributed by atoms with Crippen molar-refractivity contribution < 1.29 is 22.6 Å². The van der Waals surface area contributed by atoms with Crippen LogP contribution >= 0.6 is 0 Å². The van der Waals surface area contributed by atoms with Gasteiger partial charge in [0.05, 0.1) is 19.8 Å². The summed E-state index contributed by atoms with van der Waals surface area (Å²) in [6.07, 6.45) is 4.92. The van der Waals surface area contributed by atoms with Crippen LogP contribution in [0.1, 0.15) is 43.2 Å². The lowest BCUT2D eigenvalue weighted by Gasteiger charge is -2.31. The summed E-state index contributed by atoms with van der Waals surface area (Å²) in [5.74, 6) is -0.144. The highest BCUT2D eigenvalue weighted by atomic mass is 32.2. The maximum Gasteiger partial charge on any atom is 0.244 e. The maximum atomic E-state index is 12.7. The molecule has 1 aromatic carbocycles. The zero-order valence-corrected chi connectivity index (χ0v) is 15.9. The minimum atomic E-state index is -3.68. The smallest absolute Gasteiger partial charge is 0.244 e. The molecule has 3 rings (SSSR count). The van der Waals surface area contributed by atoms with E-state index in [0.29, 0.717) is 12.4 Å². The van der Waals surface area contributed by atoms with E-state index in [1.54, 1.807) is 12.1 Å². The van der Waals surface area contributed by atoms with Crippen LogP contribution in [-0.4, -0.2) is 40.6 Å². The van der Waals surface area contributed by atoms with Crippen LogP contribution in [0.3, 0.4) is 0 Å². The summed E-state index contributed by atoms with van der Waals surface area (Å²) in [5, 5.41) is 0. The van der Waals surface area contributed by atoms with Crippen molar-refractivity contribution in [3.05, 3.63) is 23.3 Å². The van der Waals surface area contributed by atoms with Gasteiger partial charge in [0, 0.05) is 19.4 Å². The number of hydrogen-bond donors (Lipinski definition) is 1. The highest BCUT2D eigenvalue weighted by Crippen LogP contribution is 2.37. The summed E-state index contributed by atoms with van der Waals surface area (Å²) in [7, 11) is -2.21. The number of rotatable bonds is 5. The van der Waals surface area contributed by atoms with Crippen LogP contribution in [0.5, 0.6) is 5.75 Å². The second-order valence-electron chi connectivity index (χ2n) is 6.96. The van der Waals surface area contributed by atoms with Gasteiger partial charge in [-0.05, 0) is 49.9 Å². The minimum absolute atomic E-state index is 0.157. The molecule has 0 aromatic heterocycles.